The molecule has 1 aromatic rings. The minimum Gasteiger partial charge on any atom is -0.466 e. The molecule has 0 aromatic heterocycles. The Bertz CT molecular complexity index is 597. The van der Waals surface area contributed by atoms with Crippen LogP contribution in [0.15, 0.2) is 30.3 Å². The van der Waals surface area contributed by atoms with Crippen LogP contribution in [0.3, 0.4) is 0 Å². The first-order valence-electron chi connectivity index (χ1n) is 9.35. The van der Waals surface area contributed by atoms with Crippen LogP contribution in [-0.2, 0) is 25.5 Å². The standard InChI is InChI=1S/C20H28N2O4/c1-2-26-20(25)17(12-15-8-4-3-5-9-15)13-21-18(23)14-22-19(24)16-10-6-7-11-16/h3-5,8-9,16-17H,2,6-7,10-14H2,1H3,(H,21,23)(H,22,24). The molecular weight excluding hydrogens is 332 g/mol. The summed E-state index contributed by atoms with van der Waals surface area (Å²) in [4.78, 5) is 36.1. The molecule has 2 rings (SSSR count). The van der Waals surface area contributed by atoms with Gasteiger partial charge in [-0.25, -0.2) is 0 Å². The van der Waals surface area contributed by atoms with E-state index in [9.17, 15) is 14.4 Å². The molecule has 6 heteroatoms. The lowest BCUT2D eigenvalue weighted by Crippen LogP contribution is -2.42. The summed E-state index contributed by atoms with van der Waals surface area (Å²) in [5, 5.41) is 5.42. The average molecular weight is 360 g/mol. The summed E-state index contributed by atoms with van der Waals surface area (Å²) in [6, 6.07) is 9.62. The summed E-state index contributed by atoms with van der Waals surface area (Å²) in [6.07, 6.45) is 4.44. The van der Waals surface area contributed by atoms with Gasteiger partial charge in [-0.05, 0) is 31.7 Å². The smallest absolute Gasteiger partial charge is 0.311 e. The first kappa shape index (κ1) is 19.9. The Labute approximate surface area is 154 Å². The minimum atomic E-state index is -0.452. The largest absolute Gasteiger partial charge is 0.466 e. The number of carbonyl (C=O) groups is 3. The van der Waals surface area contributed by atoms with Gasteiger partial charge in [0.1, 0.15) is 0 Å². The first-order chi connectivity index (χ1) is 12.6. The van der Waals surface area contributed by atoms with Crippen molar-refractivity contribution in [2.75, 3.05) is 19.7 Å². The molecule has 1 atom stereocenters. The molecule has 1 aliphatic rings. The number of hydrogen-bond acceptors (Lipinski definition) is 4. The fourth-order valence-electron chi connectivity index (χ4n) is 3.20. The fourth-order valence-corrected chi connectivity index (χ4v) is 3.20. The third kappa shape index (κ3) is 6.50. The molecule has 0 spiro atoms. The van der Waals surface area contributed by atoms with Gasteiger partial charge in [-0.15, -0.1) is 0 Å². The number of benzene rings is 1. The van der Waals surface area contributed by atoms with Gasteiger partial charge in [0, 0.05) is 12.5 Å². The highest BCUT2D eigenvalue weighted by Crippen LogP contribution is 2.24. The summed E-state index contributed by atoms with van der Waals surface area (Å²) >= 11 is 0. The monoisotopic (exact) mass is 360 g/mol. The van der Waals surface area contributed by atoms with Crippen molar-refractivity contribution in [3.63, 3.8) is 0 Å². The van der Waals surface area contributed by atoms with E-state index < -0.39 is 5.92 Å². The second-order valence-electron chi connectivity index (χ2n) is 6.64. The van der Waals surface area contributed by atoms with Gasteiger partial charge < -0.3 is 15.4 Å². The Morgan fingerprint density at radius 3 is 2.46 bits per heavy atom. The van der Waals surface area contributed by atoms with Gasteiger partial charge in [0.25, 0.3) is 0 Å². The predicted molar refractivity (Wildman–Crippen MR) is 98.2 cm³/mol. The van der Waals surface area contributed by atoms with Crippen LogP contribution in [0.2, 0.25) is 0 Å². The number of ether oxygens (including phenoxy) is 1. The third-order valence-electron chi connectivity index (χ3n) is 4.64. The highest BCUT2D eigenvalue weighted by Gasteiger charge is 2.24. The van der Waals surface area contributed by atoms with Crippen LogP contribution in [0.1, 0.15) is 38.2 Å². The van der Waals surface area contributed by atoms with E-state index in [1.54, 1.807) is 6.92 Å². The number of hydrogen-bond donors (Lipinski definition) is 2. The van der Waals surface area contributed by atoms with Crippen molar-refractivity contribution < 1.29 is 19.1 Å². The third-order valence-corrected chi connectivity index (χ3v) is 4.64. The molecule has 6 nitrogen and oxygen atoms in total. The number of esters is 1. The van der Waals surface area contributed by atoms with Crippen LogP contribution in [0, 0.1) is 11.8 Å². The van der Waals surface area contributed by atoms with Crippen molar-refractivity contribution in [3.05, 3.63) is 35.9 Å². The van der Waals surface area contributed by atoms with E-state index in [0.29, 0.717) is 13.0 Å². The van der Waals surface area contributed by atoms with Crippen molar-refractivity contribution in [2.45, 2.75) is 39.0 Å². The molecule has 0 bridgehead atoms. The summed E-state index contributed by atoms with van der Waals surface area (Å²) < 4.78 is 5.11. The summed E-state index contributed by atoms with van der Waals surface area (Å²) in [7, 11) is 0. The van der Waals surface area contributed by atoms with Crippen LogP contribution in [-0.4, -0.2) is 37.5 Å². The average Bonchev–Trinajstić information content (AvgIpc) is 3.19. The molecule has 1 saturated carbocycles. The molecule has 2 amide bonds. The highest BCUT2D eigenvalue weighted by molar-refractivity contribution is 5.86. The number of nitrogens with one attached hydrogen (secondary N) is 2. The summed E-state index contributed by atoms with van der Waals surface area (Å²) in [6.45, 7) is 2.19. The van der Waals surface area contributed by atoms with Crippen LogP contribution in [0.4, 0.5) is 0 Å². The Balaban J connectivity index is 1.80. The number of amides is 2. The Morgan fingerprint density at radius 1 is 1.12 bits per heavy atom. The zero-order valence-corrected chi connectivity index (χ0v) is 15.3. The highest BCUT2D eigenvalue weighted by atomic mass is 16.5. The molecule has 0 heterocycles. The molecule has 142 valence electrons. The van der Waals surface area contributed by atoms with Gasteiger partial charge in [0.2, 0.25) is 11.8 Å². The van der Waals surface area contributed by atoms with Crippen molar-refractivity contribution in [2.24, 2.45) is 11.8 Å². The topological polar surface area (TPSA) is 84.5 Å². The van der Waals surface area contributed by atoms with Crippen LogP contribution < -0.4 is 10.6 Å². The molecule has 2 N–H and O–H groups in total. The molecule has 0 saturated heterocycles. The second-order valence-corrected chi connectivity index (χ2v) is 6.64. The van der Waals surface area contributed by atoms with Crippen molar-refractivity contribution in [1.82, 2.24) is 10.6 Å². The lowest BCUT2D eigenvalue weighted by Gasteiger charge is -2.17. The maximum absolute atomic E-state index is 12.2. The lowest BCUT2D eigenvalue weighted by atomic mass is 9.99. The first-order valence-corrected chi connectivity index (χ1v) is 9.35. The molecule has 0 radical (unpaired) electrons. The molecule has 0 aliphatic heterocycles. The molecule has 1 aromatic carbocycles. The summed E-state index contributed by atoms with van der Waals surface area (Å²) in [5.41, 5.74) is 1.01. The van der Waals surface area contributed by atoms with E-state index in [1.807, 2.05) is 30.3 Å². The van der Waals surface area contributed by atoms with Crippen molar-refractivity contribution >= 4 is 17.8 Å². The molecule has 26 heavy (non-hydrogen) atoms. The Hall–Kier alpha value is -2.37. The van der Waals surface area contributed by atoms with Gasteiger partial charge in [-0.3, -0.25) is 14.4 Å². The zero-order chi connectivity index (χ0) is 18.8. The van der Waals surface area contributed by atoms with Gasteiger partial charge in [-0.2, -0.15) is 0 Å². The number of carbonyl (C=O) groups excluding carboxylic acids is 3. The SMILES string of the molecule is CCOC(=O)C(CNC(=O)CNC(=O)C1CCCC1)Cc1ccccc1. The maximum atomic E-state index is 12.2. The van der Waals surface area contributed by atoms with E-state index in [4.69, 9.17) is 4.74 Å². The van der Waals surface area contributed by atoms with E-state index in [2.05, 4.69) is 10.6 Å². The molecule has 1 fully saturated rings. The minimum absolute atomic E-state index is 0.0353. The van der Waals surface area contributed by atoms with E-state index >= 15 is 0 Å². The normalized spacial score (nSPS) is 15.3. The predicted octanol–water partition coefficient (Wildman–Crippen LogP) is 1.83. The van der Waals surface area contributed by atoms with Crippen LogP contribution in [0.5, 0.6) is 0 Å². The molecular formula is C20H28N2O4. The second kappa shape index (κ2) is 10.6. The quantitative estimate of drug-likeness (QED) is 0.658. The lowest BCUT2D eigenvalue weighted by molar-refractivity contribution is -0.148. The maximum Gasteiger partial charge on any atom is 0.311 e. The van der Waals surface area contributed by atoms with Crippen molar-refractivity contribution in [3.8, 4) is 0 Å². The Kier molecular flexibility index (Phi) is 8.12. The van der Waals surface area contributed by atoms with Gasteiger partial charge >= 0.3 is 5.97 Å². The summed E-state index contributed by atoms with van der Waals surface area (Å²) in [5.74, 6) is -1.09. The van der Waals surface area contributed by atoms with Crippen LogP contribution >= 0.6 is 0 Å². The van der Waals surface area contributed by atoms with Gasteiger partial charge in [0.05, 0.1) is 19.1 Å². The van der Waals surface area contributed by atoms with E-state index in [1.165, 1.54) is 0 Å². The van der Waals surface area contributed by atoms with Gasteiger partial charge in [0.15, 0.2) is 0 Å². The van der Waals surface area contributed by atoms with E-state index in [0.717, 1.165) is 31.2 Å². The molecule has 1 unspecified atom stereocenters. The Morgan fingerprint density at radius 2 is 1.81 bits per heavy atom. The van der Waals surface area contributed by atoms with Crippen molar-refractivity contribution in [1.29, 1.82) is 0 Å². The molecule has 1 aliphatic carbocycles. The fraction of sp³-hybridized carbons (Fsp3) is 0.550. The number of rotatable bonds is 9. The van der Waals surface area contributed by atoms with E-state index in [-0.39, 0.29) is 36.8 Å². The van der Waals surface area contributed by atoms with Gasteiger partial charge in [-0.1, -0.05) is 43.2 Å². The van der Waals surface area contributed by atoms with Crippen LogP contribution in [0.25, 0.3) is 0 Å². The zero-order valence-electron chi connectivity index (χ0n) is 15.3.